The van der Waals surface area contributed by atoms with E-state index in [4.69, 9.17) is 10.5 Å². The molecular weight excluding hydrogens is 200 g/mol. The van der Waals surface area contributed by atoms with Crippen LogP contribution in [0.5, 0.6) is 5.75 Å². The number of ether oxygens (including phenoxy) is 1. The lowest BCUT2D eigenvalue weighted by molar-refractivity contribution is 0.321. The van der Waals surface area contributed by atoms with Crippen molar-refractivity contribution in [3.8, 4) is 5.75 Å². The summed E-state index contributed by atoms with van der Waals surface area (Å²) in [6.07, 6.45) is 2.64. The van der Waals surface area contributed by atoms with Crippen molar-refractivity contribution >= 4 is 0 Å². The highest BCUT2D eigenvalue weighted by molar-refractivity contribution is 5.37. The van der Waals surface area contributed by atoms with E-state index < -0.39 is 0 Å². The van der Waals surface area contributed by atoms with Crippen LogP contribution in [0.4, 0.5) is 0 Å². The maximum absolute atomic E-state index is 5.66. The average Bonchev–Trinajstić information content (AvgIpc) is 2.82. The highest BCUT2D eigenvalue weighted by atomic mass is 16.5. The second-order valence-electron chi connectivity index (χ2n) is 4.33. The molecule has 1 aromatic rings. The first-order valence-electron chi connectivity index (χ1n) is 5.91. The van der Waals surface area contributed by atoms with Gasteiger partial charge in [-0.05, 0) is 43.6 Å². The maximum atomic E-state index is 5.66. The Labute approximate surface area is 97.2 Å². The number of benzene rings is 1. The molecule has 1 aliphatic heterocycles. The summed E-state index contributed by atoms with van der Waals surface area (Å²) in [5.41, 5.74) is 8.10. The van der Waals surface area contributed by atoms with Gasteiger partial charge in [-0.2, -0.15) is 0 Å². The van der Waals surface area contributed by atoms with Gasteiger partial charge in [-0.3, -0.25) is 4.90 Å². The average molecular weight is 220 g/mol. The van der Waals surface area contributed by atoms with Gasteiger partial charge in [0.1, 0.15) is 5.75 Å². The Morgan fingerprint density at radius 3 is 2.69 bits per heavy atom. The van der Waals surface area contributed by atoms with Gasteiger partial charge in [0.25, 0.3) is 0 Å². The second-order valence-corrected chi connectivity index (χ2v) is 4.33. The van der Waals surface area contributed by atoms with Crippen LogP contribution >= 0.6 is 0 Å². The third-order valence-electron chi connectivity index (χ3n) is 3.17. The minimum atomic E-state index is 0.594. The molecule has 0 spiro atoms. The second kappa shape index (κ2) is 5.32. The van der Waals surface area contributed by atoms with Gasteiger partial charge in [0, 0.05) is 18.7 Å². The molecule has 1 aromatic carbocycles. The lowest BCUT2D eigenvalue weighted by Gasteiger charge is -2.17. The van der Waals surface area contributed by atoms with Crippen molar-refractivity contribution in [3.05, 3.63) is 29.3 Å². The molecule has 0 atom stereocenters. The molecule has 0 amide bonds. The zero-order chi connectivity index (χ0) is 11.4. The van der Waals surface area contributed by atoms with Crippen LogP contribution < -0.4 is 10.5 Å². The summed E-state index contributed by atoms with van der Waals surface area (Å²) >= 11 is 0. The zero-order valence-corrected chi connectivity index (χ0v) is 9.91. The minimum absolute atomic E-state index is 0.594. The minimum Gasteiger partial charge on any atom is -0.496 e. The zero-order valence-electron chi connectivity index (χ0n) is 9.91. The fraction of sp³-hybridized carbons (Fsp3) is 0.538. The van der Waals surface area contributed by atoms with Crippen LogP contribution in [-0.2, 0) is 13.1 Å². The van der Waals surface area contributed by atoms with E-state index in [-0.39, 0.29) is 0 Å². The fourth-order valence-electron chi connectivity index (χ4n) is 2.26. The molecule has 3 heteroatoms. The summed E-state index contributed by atoms with van der Waals surface area (Å²) in [5.74, 6) is 0.976. The molecule has 3 nitrogen and oxygen atoms in total. The van der Waals surface area contributed by atoms with Gasteiger partial charge in [-0.25, -0.2) is 0 Å². The van der Waals surface area contributed by atoms with Crippen LogP contribution in [0.1, 0.15) is 24.0 Å². The molecule has 2 rings (SSSR count). The summed E-state index contributed by atoms with van der Waals surface area (Å²) < 4.78 is 5.39. The van der Waals surface area contributed by atoms with Gasteiger partial charge in [0.2, 0.25) is 0 Å². The van der Waals surface area contributed by atoms with Crippen LogP contribution in [0.25, 0.3) is 0 Å². The first-order valence-corrected chi connectivity index (χ1v) is 5.91. The molecule has 88 valence electrons. The highest BCUT2D eigenvalue weighted by Crippen LogP contribution is 2.23. The van der Waals surface area contributed by atoms with Gasteiger partial charge in [0.05, 0.1) is 7.11 Å². The predicted octanol–water partition coefficient (Wildman–Crippen LogP) is 1.75. The van der Waals surface area contributed by atoms with Gasteiger partial charge >= 0.3 is 0 Å². The van der Waals surface area contributed by atoms with E-state index in [0.29, 0.717) is 6.54 Å². The lowest BCUT2D eigenvalue weighted by atomic mass is 10.1. The van der Waals surface area contributed by atoms with E-state index in [1.165, 1.54) is 37.1 Å². The lowest BCUT2D eigenvalue weighted by Crippen LogP contribution is -2.19. The summed E-state index contributed by atoms with van der Waals surface area (Å²) in [6, 6.07) is 6.22. The third kappa shape index (κ3) is 2.54. The maximum Gasteiger partial charge on any atom is 0.123 e. The Hall–Kier alpha value is -1.06. The molecule has 0 aromatic heterocycles. The number of nitrogens with zero attached hydrogens (tertiary/aromatic N) is 1. The van der Waals surface area contributed by atoms with E-state index in [1.54, 1.807) is 7.11 Å². The van der Waals surface area contributed by atoms with Crippen molar-refractivity contribution < 1.29 is 4.74 Å². The number of hydrogen-bond donors (Lipinski definition) is 1. The van der Waals surface area contributed by atoms with Crippen LogP contribution in [0.2, 0.25) is 0 Å². The van der Waals surface area contributed by atoms with E-state index in [2.05, 4.69) is 11.0 Å². The molecule has 0 bridgehead atoms. The first-order chi connectivity index (χ1) is 7.83. The summed E-state index contributed by atoms with van der Waals surface area (Å²) in [5, 5.41) is 0. The van der Waals surface area contributed by atoms with Crippen LogP contribution in [0.3, 0.4) is 0 Å². The normalized spacial score (nSPS) is 16.6. The Kier molecular flexibility index (Phi) is 3.80. The van der Waals surface area contributed by atoms with Crippen molar-refractivity contribution in [1.82, 2.24) is 4.90 Å². The van der Waals surface area contributed by atoms with Crippen molar-refractivity contribution in [2.24, 2.45) is 5.73 Å². The number of rotatable bonds is 4. The molecule has 1 aliphatic rings. The number of likely N-dealkylation sites (tertiary alicyclic amines) is 1. The highest BCUT2D eigenvalue weighted by Gasteiger charge is 2.14. The van der Waals surface area contributed by atoms with E-state index >= 15 is 0 Å². The van der Waals surface area contributed by atoms with Crippen molar-refractivity contribution in [1.29, 1.82) is 0 Å². The van der Waals surface area contributed by atoms with Crippen LogP contribution in [-0.4, -0.2) is 25.1 Å². The fourth-order valence-corrected chi connectivity index (χ4v) is 2.26. The van der Waals surface area contributed by atoms with E-state index in [0.717, 1.165) is 12.3 Å². The Bertz CT molecular complexity index is 346. The Balaban J connectivity index is 2.15. The molecule has 0 unspecified atom stereocenters. The number of methoxy groups -OCH3 is 1. The SMILES string of the molecule is COc1ccc(CN)cc1CN1CCCC1. The molecule has 0 aliphatic carbocycles. The van der Waals surface area contributed by atoms with Gasteiger partial charge in [-0.15, -0.1) is 0 Å². The third-order valence-corrected chi connectivity index (χ3v) is 3.17. The predicted molar refractivity (Wildman–Crippen MR) is 65.4 cm³/mol. The van der Waals surface area contributed by atoms with Gasteiger partial charge < -0.3 is 10.5 Å². The Morgan fingerprint density at radius 1 is 1.31 bits per heavy atom. The molecule has 1 heterocycles. The standard InChI is InChI=1S/C13H20N2O/c1-16-13-5-4-11(9-14)8-12(13)10-15-6-2-3-7-15/h4-5,8H,2-3,6-7,9-10,14H2,1H3. The van der Waals surface area contributed by atoms with E-state index in [9.17, 15) is 0 Å². The van der Waals surface area contributed by atoms with Gasteiger partial charge in [-0.1, -0.05) is 6.07 Å². The Morgan fingerprint density at radius 2 is 2.06 bits per heavy atom. The van der Waals surface area contributed by atoms with Crippen LogP contribution in [0.15, 0.2) is 18.2 Å². The number of nitrogens with two attached hydrogens (primary N) is 1. The molecular formula is C13H20N2O. The molecule has 0 radical (unpaired) electrons. The summed E-state index contributed by atoms with van der Waals surface area (Å²) in [6.45, 7) is 3.99. The smallest absolute Gasteiger partial charge is 0.123 e. The number of hydrogen-bond acceptors (Lipinski definition) is 3. The molecule has 2 N–H and O–H groups in total. The molecule has 1 fully saturated rings. The van der Waals surface area contributed by atoms with Crippen molar-refractivity contribution in [2.75, 3.05) is 20.2 Å². The van der Waals surface area contributed by atoms with Crippen molar-refractivity contribution in [3.63, 3.8) is 0 Å². The topological polar surface area (TPSA) is 38.5 Å². The van der Waals surface area contributed by atoms with Crippen LogP contribution in [0, 0.1) is 0 Å². The van der Waals surface area contributed by atoms with Gasteiger partial charge in [0.15, 0.2) is 0 Å². The molecule has 0 saturated carbocycles. The molecule has 1 saturated heterocycles. The quantitative estimate of drug-likeness (QED) is 0.840. The largest absolute Gasteiger partial charge is 0.496 e. The van der Waals surface area contributed by atoms with E-state index in [1.807, 2.05) is 12.1 Å². The summed E-state index contributed by atoms with van der Waals surface area (Å²) in [4.78, 5) is 2.47. The molecule has 16 heavy (non-hydrogen) atoms. The monoisotopic (exact) mass is 220 g/mol. The first kappa shape index (κ1) is 11.4. The van der Waals surface area contributed by atoms with Crippen molar-refractivity contribution in [2.45, 2.75) is 25.9 Å². The summed E-state index contributed by atoms with van der Waals surface area (Å²) in [7, 11) is 1.73.